The molecule has 0 aliphatic carbocycles. The lowest BCUT2D eigenvalue weighted by Crippen LogP contribution is -2.24. The minimum absolute atomic E-state index is 0.00472. The van der Waals surface area contributed by atoms with E-state index in [1.807, 2.05) is 37.4 Å². The third-order valence-corrected chi connectivity index (χ3v) is 5.97. The second-order valence-electron chi connectivity index (χ2n) is 7.52. The summed E-state index contributed by atoms with van der Waals surface area (Å²) in [6.07, 6.45) is 3.62. The molecule has 1 aliphatic rings. The first kappa shape index (κ1) is 19.6. The summed E-state index contributed by atoms with van der Waals surface area (Å²) in [7, 11) is 0. The SMILES string of the molecule is CCc1nc(NC(C)CC(=O)Nc2cccc(N3CCCC3)c2)c2ccsc2n1. The molecule has 0 radical (unpaired) electrons. The van der Waals surface area contributed by atoms with Crippen molar-refractivity contribution in [3.05, 3.63) is 41.5 Å². The molecule has 0 bridgehead atoms. The van der Waals surface area contributed by atoms with E-state index in [0.717, 1.165) is 47.1 Å². The van der Waals surface area contributed by atoms with Crippen molar-refractivity contribution in [2.24, 2.45) is 0 Å². The van der Waals surface area contributed by atoms with Crippen LogP contribution in [0.2, 0.25) is 0 Å². The van der Waals surface area contributed by atoms with Crippen molar-refractivity contribution in [3.63, 3.8) is 0 Å². The number of anilines is 3. The standard InChI is InChI=1S/C22H27N5OS/c1-3-19-25-21(18-9-12-29-22(18)26-19)23-15(2)13-20(28)24-16-7-6-8-17(14-16)27-10-4-5-11-27/h6-9,12,14-15H,3-5,10-11,13H2,1-2H3,(H,24,28)(H,23,25,26). The lowest BCUT2D eigenvalue weighted by atomic mass is 10.2. The van der Waals surface area contributed by atoms with Crippen LogP contribution >= 0.6 is 11.3 Å². The number of rotatable bonds is 7. The molecule has 7 heteroatoms. The van der Waals surface area contributed by atoms with Gasteiger partial charge in [-0.15, -0.1) is 11.3 Å². The zero-order valence-corrected chi connectivity index (χ0v) is 17.8. The van der Waals surface area contributed by atoms with Gasteiger partial charge in [0.15, 0.2) is 0 Å². The van der Waals surface area contributed by atoms with Crippen LogP contribution in [0.3, 0.4) is 0 Å². The first-order valence-electron chi connectivity index (χ1n) is 10.3. The summed E-state index contributed by atoms with van der Waals surface area (Å²) in [5.41, 5.74) is 2.03. The van der Waals surface area contributed by atoms with E-state index in [9.17, 15) is 4.79 Å². The molecule has 2 aromatic heterocycles. The van der Waals surface area contributed by atoms with Crippen LogP contribution in [0, 0.1) is 0 Å². The fraction of sp³-hybridized carbons (Fsp3) is 0.409. The Balaban J connectivity index is 1.39. The van der Waals surface area contributed by atoms with Crippen LogP contribution in [0.4, 0.5) is 17.2 Å². The average molecular weight is 410 g/mol. The van der Waals surface area contributed by atoms with Gasteiger partial charge in [-0.3, -0.25) is 4.79 Å². The predicted molar refractivity (Wildman–Crippen MR) is 121 cm³/mol. The highest BCUT2D eigenvalue weighted by molar-refractivity contribution is 7.16. The van der Waals surface area contributed by atoms with E-state index in [2.05, 4.69) is 37.6 Å². The number of hydrogen-bond donors (Lipinski definition) is 2. The van der Waals surface area contributed by atoms with Crippen molar-refractivity contribution in [1.82, 2.24) is 9.97 Å². The fourth-order valence-corrected chi connectivity index (χ4v) is 4.48. The van der Waals surface area contributed by atoms with Crippen LogP contribution in [0.25, 0.3) is 10.2 Å². The van der Waals surface area contributed by atoms with Crippen LogP contribution in [0.1, 0.15) is 38.9 Å². The molecule has 152 valence electrons. The Bertz CT molecular complexity index is 996. The summed E-state index contributed by atoms with van der Waals surface area (Å²) in [6, 6.07) is 10.1. The molecule has 1 amide bonds. The molecule has 4 rings (SSSR count). The van der Waals surface area contributed by atoms with Crippen molar-refractivity contribution >= 4 is 44.7 Å². The number of hydrogen-bond acceptors (Lipinski definition) is 6. The van der Waals surface area contributed by atoms with Gasteiger partial charge in [-0.25, -0.2) is 9.97 Å². The van der Waals surface area contributed by atoms with Gasteiger partial charge < -0.3 is 15.5 Å². The lowest BCUT2D eigenvalue weighted by molar-refractivity contribution is -0.116. The Morgan fingerprint density at radius 1 is 1.24 bits per heavy atom. The predicted octanol–water partition coefficient (Wildman–Crippen LogP) is 4.68. The van der Waals surface area contributed by atoms with E-state index >= 15 is 0 Å². The summed E-state index contributed by atoms with van der Waals surface area (Å²) in [5.74, 6) is 1.62. The van der Waals surface area contributed by atoms with E-state index in [4.69, 9.17) is 0 Å². The molecule has 6 nitrogen and oxygen atoms in total. The van der Waals surface area contributed by atoms with Gasteiger partial charge >= 0.3 is 0 Å². The molecule has 0 saturated carbocycles. The third-order valence-electron chi connectivity index (χ3n) is 5.16. The van der Waals surface area contributed by atoms with Crippen molar-refractivity contribution in [1.29, 1.82) is 0 Å². The molecule has 29 heavy (non-hydrogen) atoms. The summed E-state index contributed by atoms with van der Waals surface area (Å²) < 4.78 is 0. The van der Waals surface area contributed by atoms with E-state index in [1.54, 1.807) is 11.3 Å². The number of aryl methyl sites for hydroxylation is 1. The molecule has 1 saturated heterocycles. The smallest absolute Gasteiger partial charge is 0.226 e. The third kappa shape index (κ3) is 4.67. The zero-order valence-electron chi connectivity index (χ0n) is 16.9. The number of carbonyl (C=O) groups is 1. The van der Waals surface area contributed by atoms with E-state index in [1.165, 1.54) is 18.5 Å². The first-order valence-corrected chi connectivity index (χ1v) is 11.2. The Morgan fingerprint density at radius 3 is 2.86 bits per heavy atom. The molecular weight excluding hydrogens is 382 g/mol. The molecule has 1 unspecified atom stereocenters. The van der Waals surface area contributed by atoms with Crippen molar-refractivity contribution in [3.8, 4) is 0 Å². The molecule has 3 aromatic rings. The van der Waals surface area contributed by atoms with Gasteiger partial charge in [-0.05, 0) is 49.4 Å². The maximum absolute atomic E-state index is 12.6. The van der Waals surface area contributed by atoms with Gasteiger partial charge in [0, 0.05) is 43.3 Å². The number of fused-ring (bicyclic) bond motifs is 1. The summed E-state index contributed by atoms with van der Waals surface area (Å²) in [5, 5.41) is 9.48. The molecule has 2 N–H and O–H groups in total. The largest absolute Gasteiger partial charge is 0.371 e. The summed E-state index contributed by atoms with van der Waals surface area (Å²) in [4.78, 5) is 25.1. The number of thiophene rings is 1. The van der Waals surface area contributed by atoms with E-state index in [0.29, 0.717) is 6.42 Å². The minimum atomic E-state index is -0.0422. The number of nitrogens with zero attached hydrogens (tertiary/aromatic N) is 3. The monoisotopic (exact) mass is 409 g/mol. The Kier molecular flexibility index (Phi) is 5.94. The Labute approximate surface area is 175 Å². The van der Waals surface area contributed by atoms with Crippen LogP contribution in [-0.2, 0) is 11.2 Å². The molecule has 1 atom stereocenters. The highest BCUT2D eigenvalue weighted by Crippen LogP contribution is 2.26. The maximum atomic E-state index is 12.6. The minimum Gasteiger partial charge on any atom is -0.371 e. The molecule has 1 fully saturated rings. The first-order chi connectivity index (χ1) is 14.1. The van der Waals surface area contributed by atoms with Gasteiger partial charge in [0.05, 0.1) is 5.39 Å². The Hall–Kier alpha value is -2.67. The molecule has 3 heterocycles. The van der Waals surface area contributed by atoms with Gasteiger partial charge in [0.2, 0.25) is 5.91 Å². The van der Waals surface area contributed by atoms with Crippen molar-refractivity contribution < 1.29 is 4.79 Å². The van der Waals surface area contributed by atoms with Gasteiger partial charge in [0.25, 0.3) is 0 Å². The quantitative estimate of drug-likeness (QED) is 0.593. The second-order valence-corrected chi connectivity index (χ2v) is 8.42. The lowest BCUT2D eigenvalue weighted by Gasteiger charge is -2.19. The van der Waals surface area contributed by atoms with Gasteiger partial charge in [-0.1, -0.05) is 13.0 Å². The number of aromatic nitrogens is 2. The van der Waals surface area contributed by atoms with Crippen molar-refractivity contribution in [2.45, 2.75) is 45.6 Å². The van der Waals surface area contributed by atoms with Gasteiger partial charge in [-0.2, -0.15) is 0 Å². The normalized spacial score (nSPS) is 14.9. The fourth-order valence-electron chi connectivity index (χ4n) is 3.70. The second kappa shape index (κ2) is 8.78. The van der Waals surface area contributed by atoms with E-state index in [-0.39, 0.29) is 11.9 Å². The number of benzene rings is 1. The summed E-state index contributed by atoms with van der Waals surface area (Å²) >= 11 is 1.61. The number of carbonyl (C=O) groups excluding carboxylic acids is 1. The highest BCUT2D eigenvalue weighted by atomic mass is 32.1. The number of amides is 1. The topological polar surface area (TPSA) is 70.2 Å². The number of nitrogens with one attached hydrogen (secondary N) is 2. The maximum Gasteiger partial charge on any atom is 0.226 e. The van der Waals surface area contributed by atoms with Crippen LogP contribution in [-0.4, -0.2) is 35.0 Å². The van der Waals surface area contributed by atoms with Gasteiger partial charge in [0.1, 0.15) is 16.5 Å². The van der Waals surface area contributed by atoms with Crippen molar-refractivity contribution in [2.75, 3.05) is 28.6 Å². The van der Waals surface area contributed by atoms with Crippen LogP contribution < -0.4 is 15.5 Å². The molecular formula is C22H27N5OS. The zero-order chi connectivity index (χ0) is 20.2. The highest BCUT2D eigenvalue weighted by Gasteiger charge is 2.15. The van der Waals surface area contributed by atoms with Crippen LogP contribution in [0.5, 0.6) is 0 Å². The molecule has 0 spiro atoms. The Morgan fingerprint density at radius 2 is 2.07 bits per heavy atom. The van der Waals surface area contributed by atoms with E-state index < -0.39 is 0 Å². The van der Waals surface area contributed by atoms with Crippen LogP contribution in [0.15, 0.2) is 35.7 Å². The summed E-state index contributed by atoms with van der Waals surface area (Å²) in [6.45, 7) is 6.24. The molecule has 1 aromatic carbocycles. The molecule has 1 aliphatic heterocycles. The average Bonchev–Trinajstić information content (AvgIpc) is 3.39.